The number of nitrogens with one attached hydrogen (secondary N) is 1. The van der Waals surface area contributed by atoms with Gasteiger partial charge in [-0.1, -0.05) is 0 Å². The van der Waals surface area contributed by atoms with Crippen LogP contribution in [0.2, 0.25) is 0 Å². The van der Waals surface area contributed by atoms with Crippen LogP contribution >= 0.6 is 0 Å². The first-order valence-corrected chi connectivity index (χ1v) is 3.33. The molecule has 3 N–H and O–H groups in total. The van der Waals surface area contributed by atoms with Gasteiger partial charge in [-0.15, -0.1) is 0 Å². The Labute approximate surface area is 49.4 Å². The van der Waals surface area contributed by atoms with Gasteiger partial charge in [0, 0.05) is 11.6 Å². The minimum atomic E-state index is 0.222. The van der Waals surface area contributed by atoms with Crippen LogP contribution in [-0.2, 0) is 0 Å². The average Bonchev–Trinajstić information content (AvgIpc) is 1.94. The summed E-state index contributed by atoms with van der Waals surface area (Å²) in [4.78, 5) is 0. The van der Waals surface area contributed by atoms with Crippen molar-refractivity contribution < 1.29 is 0 Å². The topological polar surface area (TPSA) is 38.0 Å². The van der Waals surface area contributed by atoms with Crippen molar-refractivity contribution >= 4 is 0 Å². The Morgan fingerprint density at radius 2 is 2.38 bits per heavy atom. The molecule has 2 nitrogen and oxygen atoms in total. The summed E-state index contributed by atoms with van der Waals surface area (Å²) < 4.78 is 0. The number of hydrogen-bond donors (Lipinski definition) is 2. The molecule has 2 aliphatic rings. The van der Waals surface area contributed by atoms with Gasteiger partial charge in [-0.05, 0) is 25.8 Å². The van der Waals surface area contributed by atoms with Gasteiger partial charge in [0.05, 0.1) is 0 Å². The van der Waals surface area contributed by atoms with E-state index in [0.29, 0.717) is 6.04 Å². The maximum atomic E-state index is 5.95. The number of nitrogens with two attached hydrogens (primary N) is 1. The van der Waals surface area contributed by atoms with Crippen molar-refractivity contribution in [3.8, 4) is 0 Å². The van der Waals surface area contributed by atoms with Crippen molar-refractivity contribution in [1.29, 1.82) is 0 Å². The Kier molecular flexibility index (Phi) is 0.746. The molecule has 0 aromatic rings. The van der Waals surface area contributed by atoms with Crippen LogP contribution in [0.4, 0.5) is 0 Å². The second kappa shape index (κ2) is 1.25. The molecular formula is C6H12N2. The van der Waals surface area contributed by atoms with Gasteiger partial charge in [0.15, 0.2) is 0 Å². The lowest BCUT2D eigenvalue weighted by Gasteiger charge is -2.40. The quantitative estimate of drug-likeness (QED) is 0.457. The van der Waals surface area contributed by atoms with Crippen LogP contribution in [0.25, 0.3) is 0 Å². The molecule has 0 bridgehead atoms. The average molecular weight is 112 g/mol. The van der Waals surface area contributed by atoms with Gasteiger partial charge in [-0.3, -0.25) is 0 Å². The highest BCUT2D eigenvalue weighted by molar-refractivity contribution is 5.09. The summed E-state index contributed by atoms with van der Waals surface area (Å²) in [7, 11) is 0. The molecule has 1 saturated heterocycles. The van der Waals surface area contributed by atoms with Crippen LogP contribution in [0.1, 0.15) is 19.3 Å². The lowest BCUT2D eigenvalue weighted by atomic mass is 9.73. The van der Waals surface area contributed by atoms with Crippen molar-refractivity contribution in [2.75, 3.05) is 6.54 Å². The molecule has 0 spiro atoms. The summed E-state index contributed by atoms with van der Waals surface area (Å²) >= 11 is 0. The van der Waals surface area contributed by atoms with Crippen LogP contribution in [0, 0.1) is 0 Å². The summed E-state index contributed by atoms with van der Waals surface area (Å²) in [6.45, 7) is 1.14. The smallest absolute Gasteiger partial charge is 0.0322 e. The Morgan fingerprint density at radius 1 is 1.50 bits per heavy atom. The zero-order valence-corrected chi connectivity index (χ0v) is 4.98. The largest absolute Gasteiger partial charge is 0.324 e. The van der Waals surface area contributed by atoms with Crippen molar-refractivity contribution in [2.24, 2.45) is 5.73 Å². The number of hydrogen-bond acceptors (Lipinski definition) is 2. The van der Waals surface area contributed by atoms with Gasteiger partial charge < -0.3 is 11.1 Å². The monoisotopic (exact) mass is 112 g/mol. The lowest BCUT2D eigenvalue weighted by molar-refractivity contribution is 0.219. The van der Waals surface area contributed by atoms with Gasteiger partial charge in [0.1, 0.15) is 0 Å². The fraction of sp³-hybridized carbons (Fsp3) is 1.00. The Balaban J connectivity index is 2.14. The van der Waals surface area contributed by atoms with E-state index < -0.39 is 0 Å². The molecule has 1 aliphatic carbocycles. The molecule has 46 valence electrons. The molecule has 1 aliphatic heterocycles. The van der Waals surface area contributed by atoms with E-state index in [9.17, 15) is 0 Å². The molecule has 1 heterocycles. The zero-order chi connectivity index (χ0) is 5.61. The van der Waals surface area contributed by atoms with E-state index in [1.54, 1.807) is 0 Å². The maximum absolute atomic E-state index is 5.95. The van der Waals surface area contributed by atoms with Crippen LogP contribution in [-0.4, -0.2) is 18.1 Å². The van der Waals surface area contributed by atoms with Gasteiger partial charge in [-0.2, -0.15) is 0 Å². The van der Waals surface area contributed by atoms with Crippen molar-refractivity contribution in [1.82, 2.24) is 5.32 Å². The van der Waals surface area contributed by atoms with Crippen LogP contribution in [0.5, 0.6) is 0 Å². The van der Waals surface area contributed by atoms with E-state index >= 15 is 0 Å². The number of fused-ring (bicyclic) bond motifs is 1. The third-order valence-corrected chi connectivity index (χ3v) is 2.57. The van der Waals surface area contributed by atoms with E-state index in [4.69, 9.17) is 5.73 Å². The Bertz CT molecular complexity index is 113. The zero-order valence-electron chi connectivity index (χ0n) is 4.98. The first-order chi connectivity index (χ1) is 3.81. The van der Waals surface area contributed by atoms with E-state index in [0.717, 1.165) is 6.54 Å². The van der Waals surface area contributed by atoms with E-state index in [1.165, 1.54) is 19.3 Å². The van der Waals surface area contributed by atoms with E-state index in [2.05, 4.69) is 5.32 Å². The fourth-order valence-corrected chi connectivity index (χ4v) is 1.74. The third kappa shape index (κ3) is 0.400. The molecule has 0 radical (unpaired) electrons. The van der Waals surface area contributed by atoms with E-state index in [-0.39, 0.29) is 5.54 Å². The minimum absolute atomic E-state index is 0.222. The summed E-state index contributed by atoms with van der Waals surface area (Å²) in [6.07, 6.45) is 3.73. The molecular weight excluding hydrogens is 100 g/mol. The molecule has 0 amide bonds. The molecule has 2 atom stereocenters. The SMILES string of the molecule is NC12CCNC1CC2. The van der Waals surface area contributed by atoms with Gasteiger partial charge in [0.2, 0.25) is 0 Å². The molecule has 0 aromatic carbocycles. The van der Waals surface area contributed by atoms with Crippen LogP contribution < -0.4 is 11.1 Å². The first kappa shape index (κ1) is 4.77. The molecule has 2 rings (SSSR count). The predicted molar refractivity (Wildman–Crippen MR) is 32.6 cm³/mol. The highest BCUT2D eigenvalue weighted by Gasteiger charge is 2.46. The minimum Gasteiger partial charge on any atom is -0.324 e. The summed E-state index contributed by atoms with van der Waals surface area (Å²) in [6, 6.07) is 0.669. The highest BCUT2D eigenvalue weighted by Crippen LogP contribution is 2.36. The second-order valence-electron chi connectivity index (χ2n) is 3.03. The fourth-order valence-electron chi connectivity index (χ4n) is 1.74. The summed E-state index contributed by atoms with van der Waals surface area (Å²) in [5, 5.41) is 3.37. The van der Waals surface area contributed by atoms with Crippen molar-refractivity contribution in [2.45, 2.75) is 30.8 Å². The summed E-state index contributed by atoms with van der Waals surface area (Å²) in [5.74, 6) is 0. The third-order valence-electron chi connectivity index (χ3n) is 2.57. The molecule has 8 heavy (non-hydrogen) atoms. The van der Waals surface area contributed by atoms with Crippen LogP contribution in [0.3, 0.4) is 0 Å². The van der Waals surface area contributed by atoms with Crippen molar-refractivity contribution in [3.05, 3.63) is 0 Å². The molecule has 2 fully saturated rings. The normalized spacial score (nSPS) is 52.9. The highest BCUT2D eigenvalue weighted by atomic mass is 15.1. The van der Waals surface area contributed by atoms with Gasteiger partial charge in [0.25, 0.3) is 0 Å². The Hall–Kier alpha value is -0.0800. The van der Waals surface area contributed by atoms with Crippen LogP contribution in [0.15, 0.2) is 0 Å². The van der Waals surface area contributed by atoms with Gasteiger partial charge in [-0.25, -0.2) is 0 Å². The molecule has 1 saturated carbocycles. The number of rotatable bonds is 0. The molecule has 2 unspecified atom stereocenters. The molecule has 2 heteroatoms. The first-order valence-electron chi connectivity index (χ1n) is 3.33. The summed E-state index contributed by atoms with van der Waals surface area (Å²) in [5.41, 5.74) is 6.17. The Morgan fingerprint density at radius 3 is 2.62 bits per heavy atom. The lowest BCUT2D eigenvalue weighted by Crippen LogP contribution is -2.58. The predicted octanol–water partition coefficient (Wildman–Crippen LogP) is -0.160. The second-order valence-corrected chi connectivity index (χ2v) is 3.03. The standard InChI is InChI=1S/C6H12N2/c7-6-2-1-5(6)8-4-3-6/h5,8H,1-4,7H2. The van der Waals surface area contributed by atoms with Crippen molar-refractivity contribution in [3.63, 3.8) is 0 Å². The van der Waals surface area contributed by atoms with Gasteiger partial charge >= 0.3 is 0 Å². The van der Waals surface area contributed by atoms with E-state index in [1.807, 2.05) is 0 Å². The maximum Gasteiger partial charge on any atom is 0.0322 e. The molecule has 0 aromatic heterocycles.